The molecule has 96 valence electrons. The minimum atomic E-state index is -0.606. The first-order chi connectivity index (χ1) is 8.47. The van der Waals surface area contributed by atoms with Crippen LogP contribution in [0.4, 0.5) is 5.69 Å². The van der Waals surface area contributed by atoms with Crippen molar-refractivity contribution >= 4 is 34.8 Å². The van der Waals surface area contributed by atoms with Crippen molar-refractivity contribution in [3.8, 4) is 0 Å². The standard InChI is InChI=1S/C11H10Cl2N2O3/c12-6-11(3-4-11)14-10(16)8-5-7(13)1-2-9(8)15(17)18/h1-2,5H,3-4,6H2,(H,14,16). The lowest BCUT2D eigenvalue weighted by Crippen LogP contribution is -2.38. The number of carbonyl (C=O) groups excluding carboxylic acids is 1. The van der Waals surface area contributed by atoms with Crippen molar-refractivity contribution in [1.82, 2.24) is 5.32 Å². The largest absolute Gasteiger partial charge is 0.345 e. The molecule has 18 heavy (non-hydrogen) atoms. The minimum absolute atomic E-state index is 0.0381. The molecule has 0 unspecified atom stereocenters. The molecule has 1 aromatic carbocycles. The van der Waals surface area contributed by atoms with Crippen molar-refractivity contribution in [2.75, 3.05) is 5.88 Å². The molecule has 5 nitrogen and oxygen atoms in total. The van der Waals surface area contributed by atoms with Crippen molar-refractivity contribution < 1.29 is 9.72 Å². The van der Waals surface area contributed by atoms with Crippen LogP contribution in [0.3, 0.4) is 0 Å². The van der Waals surface area contributed by atoms with Gasteiger partial charge in [0.2, 0.25) is 0 Å². The fourth-order valence-electron chi connectivity index (χ4n) is 1.60. The Labute approximate surface area is 113 Å². The molecule has 7 heteroatoms. The second-order valence-corrected chi connectivity index (χ2v) is 4.99. The highest BCUT2D eigenvalue weighted by molar-refractivity contribution is 6.31. The highest BCUT2D eigenvalue weighted by Gasteiger charge is 2.44. The fourth-order valence-corrected chi connectivity index (χ4v) is 2.11. The topological polar surface area (TPSA) is 72.2 Å². The summed E-state index contributed by atoms with van der Waals surface area (Å²) in [4.78, 5) is 22.2. The maximum atomic E-state index is 12.0. The van der Waals surface area contributed by atoms with Crippen LogP contribution in [0.2, 0.25) is 5.02 Å². The van der Waals surface area contributed by atoms with Crippen LogP contribution in [-0.4, -0.2) is 22.2 Å². The van der Waals surface area contributed by atoms with Gasteiger partial charge in [-0.15, -0.1) is 11.6 Å². The third-order valence-corrected chi connectivity index (χ3v) is 3.63. The number of nitro groups is 1. The SMILES string of the molecule is O=C(NC1(CCl)CC1)c1cc(Cl)ccc1[N+](=O)[O-]. The molecule has 0 aliphatic heterocycles. The van der Waals surface area contributed by atoms with Gasteiger partial charge >= 0.3 is 0 Å². The van der Waals surface area contributed by atoms with Crippen molar-refractivity contribution in [2.45, 2.75) is 18.4 Å². The van der Waals surface area contributed by atoms with E-state index in [9.17, 15) is 14.9 Å². The molecule has 0 atom stereocenters. The first-order valence-electron chi connectivity index (χ1n) is 5.30. The predicted octanol–water partition coefficient (Wildman–Crippen LogP) is 2.75. The van der Waals surface area contributed by atoms with E-state index < -0.39 is 16.4 Å². The van der Waals surface area contributed by atoms with Gasteiger partial charge in [0.1, 0.15) is 5.56 Å². The number of halogens is 2. The predicted molar refractivity (Wildman–Crippen MR) is 68.3 cm³/mol. The Bertz CT molecular complexity index is 515. The van der Waals surface area contributed by atoms with Crippen molar-refractivity contribution in [2.24, 2.45) is 0 Å². The molecular weight excluding hydrogens is 279 g/mol. The van der Waals surface area contributed by atoms with Gasteiger partial charge in [0.05, 0.1) is 10.5 Å². The van der Waals surface area contributed by atoms with Crippen molar-refractivity contribution in [3.05, 3.63) is 38.9 Å². The molecule has 0 bridgehead atoms. The number of hydrogen-bond donors (Lipinski definition) is 1. The summed E-state index contributed by atoms with van der Waals surface area (Å²) in [5.74, 6) is -0.213. The number of hydrogen-bond acceptors (Lipinski definition) is 3. The molecule has 0 radical (unpaired) electrons. The van der Waals surface area contributed by atoms with Crippen LogP contribution in [0.1, 0.15) is 23.2 Å². The quantitative estimate of drug-likeness (QED) is 0.526. The van der Waals surface area contributed by atoms with Gasteiger partial charge in [0, 0.05) is 17.0 Å². The van der Waals surface area contributed by atoms with Crippen molar-refractivity contribution in [1.29, 1.82) is 0 Å². The lowest BCUT2D eigenvalue weighted by atomic mass is 10.1. The molecular formula is C11H10Cl2N2O3. The van der Waals surface area contributed by atoms with E-state index in [1.807, 2.05) is 0 Å². The first-order valence-corrected chi connectivity index (χ1v) is 6.21. The molecule has 1 N–H and O–H groups in total. The third-order valence-electron chi connectivity index (χ3n) is 2.89. The van der Waals surface area contributed by atoms with Crippen LogP contribution in [0.15, 0.2) is 18.2 Å². The van der Waals surface area contributed by atoms with Crippen LogP contribution in [0, 0.1) is 10.1 Å². The summed E-state index contributed by atoms with van der Waals surface area (Å²) >= 11 is 11.5. The van der Waals surface area contributed by atoms with Crippen LogP contribution in [-0.2, 0) is 0 Å². The van der Waals surface area contributed by atoms with Crippen LogP contribution < -0.4 is 5.32 Å². The first kappa shape index (κ1) is 13.1. The zero-order valence-corrected chi connectivity index (χ0v) is 10.8. The molecule has 1 aliphatic rings. The highest BCUT2D eigenvalue weighted by atomic mass is 35.5. The van der Waals surface area contributed by atoms with Gasteiger partial charge in [-0.2, -0.15) is 0 Å². The van der Waals surface area contributed by atoms with Gasteiger partial charge in [-0.3, -0.25) is 14.9 Å². The number of alkyl halides is 1. The average Bonchev–Trinajstić information content (AvgIpc) is 3.09. The Morgan fingerprint density at radius 3 is 2.67 bits per heavy atom. The minimum Gasteiger partial charge on any atom is -0.345 e. The van der Waals surface area contributed by atoms with E-state index >= 15 is 0 Å². The van der Waals surface area contributed by atoms with Crippen LogP contribution in [0.5, 0.6) is 0 Å². The van der Waals surface area contributed by atoms with E-state index in [1.54, 1.807) is 0 Å². The Balaban J connectivity index is 2.29. The van der Waals surface area contributed by atoms with Crippen LogP contribution in [0.25, 0.3) is 0 Å². The summed E-state index contributed by atoms with van der Waals surface area (Å²) in [6.07, 6.45) is 1.58. The summed E-state index contributed by atoms with van der Waals surface area (Å²) in [6, 6.07) is 3.89. The summed E-state index contributed by atoms with van der Waals surface area (Å²) in [5, 5.41) is 13.8. The zero-order valence-electron chi connectivity index (χ0n) is 9.28. The maximum Gasteiger partial charge on any atom is 0.282 e. The summed E-state index contributed by atoms with van der Waals surface area (Å²) < 4.78 is 0. The normalized spacial score (nSPS) is 16.1. The maximum absolute atomic E-state index is 12.0. The number of nitrogens with zero attached hydrogens (tertiary/aromatic N) is 1. The van der Waals surface area contributed by atoms with E-state index in [-0.39, 0.29) is 16.3 Å². The molecule has 1 amide bonds. The van der Waals surface area contributed by atoms with E-state index in [0.29, 0.717) is 5.88 Å². The van der Waals surface area contributed by atoms with Gasteiger partial charge in [0.25, 0.3) is 11.6 Å². The third kappa shape index (κ3) is 2.57. The van der Waals surface area contributed by atoms with E-state index in [0.717, 1.165) is 12.8 Å². The molecule has 0 spiro atoms. The van der Waals surface area contributed by atoms with Gasteiger partial charge in [-0.25, -0.2) is 0 Å². The van der Waals surface area contributed by atoms with Gasteiger partial charge in [0.15, 0.2) is 0 Å². The van der Waals surface area contributed by atoms with Gasteiger partial charge in [-0.05, 0) is 25.0 Å². The number of nitrogens with one attached hydrogen (secondary N) is 1. The molecule has 0 aromatic heterocycles. The molecule has 0 saturated heterocycles. The number of amides is 1. The Morgan fingerprint density at radius 1 is 1.50 bits per heavy atom. The van der Waals surface area contributed by atoms with E-state index in [1.165, 1.54) is 18.2 Å². The van der Waals surface area contributed by atoms with Crippen LogP contribution >= 0.6 is 23.2 Å². The number of carbonyl (C=O) groups is 1. The summed E-state index contributed by atoms with van der Waals surface area (Å²) in [6.45, 7) is 0. The highest BCUT2D eigenvalue weighted by Crippen LogP contribution is 2.37. The van der Waals surface area contributed by atoms with Crippen molar-refractivity contribution in [3.63, 3.8) is 0 Å². The second kappa shape index (κ2) is 4.74. The molecule has 1 aromatic rings. The molecule has 1 fully saturated rings. The van der Waals surface area contributed by atoms with Gasteiger partial charge in [-0.1, -0.05) is 11.6 Å². The molecule has 1 aliphatic carbocycles. The van der Waals surface area contributed by atoms with E-state index in [4.69, 9.17) is 23.2 Å². The Hall–Kier alpha value is -1.33. The lowest BCUT2D eigenvalue weighted by molar-refractivity contribution is -0.385. The zero-order chi connectivity index (χ0) is 13.3. The van der Waals surface area contributed by atoms with Gasteiger partial charge < -0.3 is 5.32 Å². The number of rotatable bonds is 4. The number of benzene rings is 1. The fraction of sp³-hybridized carbons (Fsp3) is 0.364. The lowest BCUT2D eigenvalue weighted by Gasteiger charge is -2.14. The second-order valence-electron chi connectivity index (χ2n) is 4.29. The monoisotopic (exact) mass is 288 g/mol. The Morgan fingerprint density at radius 2 is 2.17 bits per heavy atom. The molecule has 0 heterocycles. The Kier molecular flexibility index (Phi) is 3.45. The summed E-state index contributed by atoms with van der Waals surface area (Å²) in [5.41, 5.74) is -0.708. The number of nitro benzene ring substituents is 1. The smallest absolute Gasteiger partial charge is 0.282 e. The molecule has 1 saturated carbocycles. The summed E-state index contributed by atoms with van der Waals surface area (Å²) in [7, 11) is 0. The average molecular weight is 289 g/mol. The van der Waals surface area contributed by atoms with E-state index in [2.05, 4.69) is 5.32 Å². The molecule has 2 rings (SSSR count).